The van der Waals surface area contributed by atoms with Gasteiger partial charge in [0.15, 0.2) is 0 Å². The SMILES string of the molecule is CCC(=O)N(CCc1ccccc1)C[C@H]1CCCCN(CCc2ccccc2)C1. The van der Waals surface area contributed by atoms with E-state index in [0.29, 0.717) is 18.2 Å². The van der Waals surface area contributed by atoms with Gasteiger partial charge in [-0.1, -0.05) is 74.0 Å². The van der Waals surface area contributed by atoms with E-state index in [4.69, 9.17) is 0 Å². The topological polar surface area (TPSA) is 23.6 Å². The molecule has 0 unspecified atom stereocenters. The monoisotopic (exact) mass is 392 g/mol. The van der Waals surface area contributed by atoms with Gasteiger partial charge in [0.2, 0.25) is 5.91 Å². The Balaban J connectivity index is 1.54. The molecule has 0 aliphatic carbocycles. The lowest BCUT2D eigenvalue weighted by Gasteiger charge is -2.30. The lowest BCUT2D eigenvalue weighted by Crippen LogP contribution is -2.40. The summed E-state index contributed by atoms with van der Waals surface area (Å²) in [5.41, 5.74) is 2.73. The third-order valence-corrected chi connectivity index (χ3v) is 6.06. The zero-order valence-corrected chi connectivity index (χ0v) is 17.9. The molecule has 29 heavy (non-hydrogen) atoms. The van der Waals surface area contributed by atoms with Crippen molar-refractivity contribution in [2.45, 2.75) is 45.4 Å². The van der Waals surface area contributed by atoms with Crippen molar-refractivity contribution in [2.24, 2.45) is 5.92 Å². The summed E-state index contributed by atoms with van der Waals surface area (Å²) in [5.74, 6) is 0.876. The summed E-state index contributed by atoms with van der Waals surface area (Å²) in [6, 6.07) is 21.3. The number of amides is 1. The van der Waals surface area contributed by atoms with Gasteiger partial charge in [-0.05, 0) is 49.3 Å². The average Bonchev–Trinajstić information content (AvgIpc) is 3.01. The van der Waals surface area contributed by atoms with Crippen LogP contribution in [0.15, 0.2) is 60.7 Å². The maximum absolute atomic E-state index is 12.6. The summed E-state index contributed by atoms with van der Waals surface area (Å²) in [6.45, 7) is 7.14. The van der Waals surface area contributed by atoms with E-state index in [2.05, 4.69) is 64.4 Å². The molecule has 1 saturated heterocycles. The average molecular weight is 393 g/mol. The molecule has 1 aliphatic rings. The van der Waals surface area contributed by atoms with Crippen LogP contribution in [-0.4, -0.2) is 48.4 Å². The number of hydrogen-bond acceptors (Lipinski definition) is 2. The van der Waals surface area contributed by atoms with E-state index in [1.807, 2.05) is 13.0 Å². The van der Waals surface area contributed by atoms with Crippen LogP contribution in [0.3, 0.4) is 0 Å². The van der Waals surface area contributed by atoms with Crippen LogP contribution in [0.2, 0.25) is 0 Å². The standard InChI is InChI=1S/C26H36N2O/c1-2-26(29)28(20-17-24-13-7-4-8-14-24)22-25-15-9-10-18-27(21-25)19-16-23-11-5-3-6-12-23/h3-8,11-14,25H,2,9-10,15-22H2,1H3/t25-/m0/s1. The summed E-state index contributed by atoms with van der Waals surface area (Å²) < 4.78 is 0. The number of likely N-dealkylation sites (tertiary alicyclic amines) is 1. The van der Waals surface area contributed by atoms with Crippen LogP contribution in [0, 0.1) is 5.92 Å². The first-order chi connectivity index (χ1) is 14.2. The number of nitrogens with zero attached hydrogens (tertiary/aromatic N) is 2. The molecule has 1 aliphatic heterocycles. The minimum Gasteiger partial charge on any atom is -0.342 e. The van der Waals surface area contributed by atoms with Gasteiger partial charge in [0.05, 0.1) is 0 Å². The van der Waals surface area contributed by atoms with Crippen molar-refractivity contribution in [3.05, 3.63) is 71.8 Å². The van der Waals surface area contributed by atoms with Crippen molar-refractivity contribution in [1.29, 1.82) is 0 Å². The molecule has 1 fully saturated rings. The van der Waals surface area contributed by atoms with Gasteiger partial charge in [-0.25, -0.2) is 0 Å². The number of benzene rings is 2. The molecule has 1 atom stereocenters. The number of rotatable bonds is 9. The Kier molecular flexibility index (Phi) is 8.76. The van der Waals surface area contributed by atoms with Crippen molar-refractivity contribution in [1.82, 2.24) is 9.80 Å². The van der Waals surface area contributed by atoms with Crippen LogP contribution < -0.4 is 0 Å². The van der Waals surface area contributed by atoms with Crippen molar-refractivity contribution in [2.75, 3.05) is 32.7 Å². The number of hydrogen-bond donors (Lipinski definition) is 0. The highest BCUT2D eigenvalue weighted by Crippen LogP contribution is 2.19. The summed E-state index contributed by atoms with van der Waals surface area (Å²) >= 11 is 0. The summed E-state index contributed by atoms with van der Waals surface area (Å²) in [5, 5.41) is 0. The van der Waals surface area contributed by atoms with Crippen LogP contribution in [-0.2, 0) is 17.6 Å². The second kappa shape index (κ2) is 11.8. The fourth-order valence-corrected chi connectivity index (χ4v) is 4.36. The fraction of sp³-hybridized carbons (Fsp3) is 0.500. The minimum absolute atomic E-state index is 0.293. The molecule has 1 amide bonds. The summed E-state index contributed by atoms with van der Waals surface area (Å²) in [4.78, 5) is 17.3. The van der Waals surface area contributed by atoms with E-state index in [-0.39, 0.29) is 0 Å². The Morgan fingerprint density at radius 3 is 2.28 bits per heavy atom. The summed E-state index contributed by atoms with van der Waals surface area (Å²) in [7, 11) is 0. The van der Waals surface area contributed by atoms with Crippen LogP contribution in [0.1, 0.15) is 43.7 Å². The molecule has 1 heterocycles. The molecule has 3 nitrogen and oxygen atoms in total. The Labute approximate surface area is 176 Å². The van der Waals surface area contributed by atoms with E-state index in [9.17, 15) is 4.79 Å². The summed E-state index contributed by atoms with van der Waals surface area (Å²) in [6.07, 6.45) is 6.44. The Morgan fingerprint density at radius 1 is 0.966 bits per heavy atom. The van der Waals surface area contributed by atoms with Gasteiger partial charge in [-0.2, -0.15) is 0 Å². The van der Waals surface area contributed by atoms with E-state index in [1.165, 1.54) is 36.9 Å². The first kappa shape index (κ1) is 21.6. The Morgan fingerprint density at radius 2 is 1.62 bits per heavy atom. The lowest BCUT2D eigenvalue weighted by molar-refractivity contribution is -0.131. The molecule has 2 aromatic carbocycles. The molecule has 156 valence electrons. The molecule has 0 saturated carbocycles. The maximum atomic E-state index is 12.6. The van der Waals surface area contributed by atoms with E-state index >= 15 is 0 Å². The van der Waals surface area contributed by atoms with Gasteiger partial charge < -0.3 is 9.80 Å². The maximum Gasteiger partial charge on any atom is 0.222 e. The second-order valence-corrected chi connectivity index (χ2v) is 8.33. The van der Waals surface area contributed by atoms with Crippen LogP contribution in [0.5, 0.6) is 0 Å². The molecule has 0 spiro atoms. The molecular formula is C26H36N2O. The minimum atomic E-state index is 0.293. The Hall–Kier alpha value is -2.13. The highest BCUT2D eigenvalue weighted by atomic mass is 16.2. The van der Waals surface area contributed by atoms with Crippen molar-refractivity contribution in [3.8, 4) is 0 Å². The number of carbonyl (C=O) groups excluding carboxylic acids is 1. The van der Waals surface area contributed by atoms with E-state index < -0.39 is 0 Å². The van der Waals surface area contributed by atoms with Crippen molar-refractivity contribution < 1.29 is 4.79 Å². The number of carbonyl (C=O) groups is 1. The third kappa shape index (κ3) is 7.32. The predicted octanol–water partition coefficient (Wildman–Crippen LogP) is 4.81. The quantitative estimate of drug-likeness (QED) is 0.611. The second-order valence-electron chi connectivity index (χ2n) is 8.33. The van der Waals surface area contributed by atoms with Crippen LogP contribution in [0.25, 0.3) is 0 Å². The lowest BCUT2D eigenvalue weighted by atomic mass is 10.0. The normalized spacial score (nSPS) is 17.6. The highest BCUT2D eigenvalue weighted by Gasteiger charge is 2.22. The zero-order valence-electron chi connectivity index (χ0n) is 17.9. The smallest absolute Gasteiger partial charge is 0.222 e. The van der Waals surface area contributed by atoms with Gasteiger partial charge in [-0.15, -0.1) is 0 Å². The predicted molar refractivity (Wildman–Crippen MR) is 121 cm³/mol. The fourth-order valence-electron chi connectivity index (χ4n) is 4.36. The zero-order chi connectivity index (χ0) is 20.3. The first-order valence-electron chi connectivity index (χ1n) is 11.3. The van der Waals surface area contributed by atoms with Crippen molar-refractivity contribution in [3.63, 3.8) is 0 Å². The first-order valence-corrected chi connectivity index (χ1v) is 11.3. The molecule has 3 heteroatoms. The van der Waals surface area contributed by atoms with E-state index in [0.717, 1.165) is 39.0 Å². The third-order valence-electron chi connectivity index (χ3n) is 6.06. The van der Waals surface area contributed by atoms with Crippen LogP contribution >= 0.6 is 0 Å². The molecule has 0 bridgehead atoms. The van der Waals surface area contributed by atoms with Crippen molar-refractivity contribution >= 4 is 5.91 Å². The molecular weight excluding hydrogens is 356 g/mol. The van der Waals surface area contributed by atoms with E-state index in [1.54, 1.807) is 0 Å². The van der Waals surface area contributed by atoms with Crippen LogP contribution in [0.4, 0.5) is 0 Å². The van der Waals surface area contributed by atoms with Gasteiger partial charge in [-0.3, -0.25) is 4.79 Å². The van der Waals surface area contributed by atoms with Gasteiger partial charge >= 0.3 is 0 Å². The largest absolute Gasteiger partial charge is 0.342 e. The molecule has 0 aromatic heterocycles. The molecule has 3 rings (SSSR count). The molecule has 0 radical (unpaired) electrons. The highest BCUT2D eigenvalue weighted by molar-refractivity contribution is 5.75. The van der Waals surface area contributed by atoms with Gasteiger partial charge in [0, 0.05) is 32.6 Å². The molecule has 2 aromatic rings. The van der Waals surface area contributed by atoms with Gasteiger partial charge in [0.1, 0.15) is 0 Å². The Bertz CT molecular complexity index is 716. The molecule has 0 N–H and O–H groups in total. The van der Waals surface area contributed by atoms with Gasteiger partial charge in [0.25, 0.3) is 0 Å².